The van der Waals surface area contributed by atoms with E-state index in [0.717, 1.165) is 43.4 Å². The predicted octanol–water partition coefficient (Wildman–Crippen LogP) is 4.11. The van der Waals surface area contributed by atoms with Gasteiger partial charge in [-0.15, -0.1) is 0 Å². The van der Waals surface area contributed by atoms with Crippen LogP contribution in [0.5, 0.6) is 0 Å². The number of nitrogens with two attached hydrogens (primary N) is 1. The van der Waals surface area contributed by atoms with Crippen LogP contribution in [0.4, 0.5) is 0 Å². The molecule has 0 saturated heterocycles. The van der Waals surface area contributed by atoms with Gasteiger partial charge in [0.2, 0.25) is 0 Å². The Kier molecular flexibility index (Phi) is 5.18. The molecule has 0 radical (unpaired) electrons. The van der Waals surface area contributed by atoms with Gasteiger partial charge >= 0.3 is 0 Å². The Morgan fingerprint density at radius 3 is 2.00 bits per heavy atom. The second-order valence-electron chi connectivity index (χ2n) is 7.95. The molecule has 0 amide bonds. The van der Waals surface area contributed by atoms with Crippen molar-refractivity contribution >= 4 is 0 Å². The smallest absolute Gasteiger partial charge is 0.0716 e. The van der Waals surface area contributed by atoms with Gasteiger partial charge in [0, 0.05) is 12.0 Å². The van der Waals surface area contributed by atoms with E-state index in [1.165, 1.54) is 32.1 Å². The Hall–Kier alpha value is -0.0800. The highest BCUT2D eigenvalue weighted by Gasteiger charge is 2.51. The van der Waals surface area contributed by atoms with Crippen LogP contribution in [-0.4, -0.2) is 17.3 Å². The fourth-order valence-electron chi connectivity index (χ4n) is 4.81. The van der Waals surface area contributed by atoms with Gasteiger partial charge in [-0.25, -0.2) is 0 Å². The first-order valence-electron chi connectivity index (χ1n) is 8.89. The van der Waals surface area contributed by atoms with Gasteiger partial charge in [-0.2, -0.15) is 0 Å². The zero-order valence-corrected chi connectivity index (χ0v) is 13.8. The summed E-state index contributed by atoms with van der Waals surface area (Å²) >= 11 is 0. The lowest BCUT2D eigenvalue weighted by Crippen LogP contribution is -2.56. The third-order valence-electron chi connectivity index (χ3n) is 6.82. The second kappa shape index (κ2) is 6.36. The fraction of sp³-hybridized carbons (Fsp3) is 1.00. The molecule has 2 aliphatic carbocycles. The van der Waals surface area contributed by atoms with Crippen molar-refractivity contribution < 1.29 is 5.11 Å². The SMILES string of the molecule is CCC1CCC(CN)(C2(O)CCC(C(C)C)CC2)CC1. The van der Waals surface area contributed by atoms with E-state index >= 15 is 0 Å². The maximum Gasteiger partial charge on any atom is 0.0716 e. The van der Waals surface area contributed by atoms with Crippen molar-refractivity contribution in [2.45, 2.75) is 84.2 Å². The van der Waals surface area contributed by atoms with Crippen molar-refractivity contribution in [2.75, 3.05) is 6.54 Å². The molecule has 2 heteroatoms. The molecule has 0 atom stereocenters. The van der Waals surface area contributed by atoms with Crippen molar-refractivity contribution in [3.05, 3.63) is 0 Å². The van der Waals surface area contributed by atoms with Crippen molar-refractivity contribution in [2.24, 2.45) is 28.9 Å². The van der Waals surface area contributed by atoms with Crippen LogP contribution in [0.1, 0.15) is 78.6 Å². The van der Waals surface area contributed by atoms with Gasteiger partial charge in [0.05, 0.1) is 5.60 Å². The summed E-state index contributed by atoms with van der Waals surface area (Å²) < 4.78 is 0. The van der Waals surface area contributed by atoms with Crippen LogP contribution in [0.3, 0.4) is 0 Å². The number of aliphatic hydroxyl groups is 1. The van der Waals surface area contributed by atoms with Crippen molar-refractivity contribution in [1.29, 1.82) is 0 Å². The monoisotopic (exact) mass is 281 g/mol. The first kappa shape index (κ1) is 16.3. The fourth-order valence-corrected chi connectivity index (χ4v) is 4.81. The average molecular weight is 281 g/mol. The van der Waals surface area contributed by atoms with Gasteiger partial charge in [-0.05, 0) is 69.1 Å². The summed E-state index contributed by atoms with van der Waals surface area (Å²) in [4.78, 5) is 0. The highest BCUT2D eigenvalue weighted by Crippen LogP contribution is 2.53. The minimum Gasteiger partial charge on any atom is -0.389 e. The zero-order valence-electron chi connectivity index (χ0n) is 13.8. The minimum absolute atomic E-state index is 0.0145. The molecule has 0 aromatic heterocycles. The van der Waals surface area contributed by atoms with E-state index in [1.54, 1.807) is 0 Å². The molecule has 2 fully saturated rings. The van der Waals surface area contributed by atoms with Crippen molar-refractivity contribution in [3.63, 3.8) is 0 Å². The average Bonchev–Trinajstić information content (AvgIpc) is 2.47. The molecule has 118 valence electrons. The maximum absolute atomic E-state index is 11.3. The molecule has 20 heavy (non-hydrogen) atoms. The van der Waals surface area contributed by atoms with Crippen LogP contribution in [0.2, 0.25) is 0 Å². The van der Waals surface area contributed by atoms with E-state index in [2.05, 4.69) is 20.8 Å². The standard InChI is InChI=1S/C18H35NO/c1-4-15-5-9-17(13-19,10-6-15)18(20)11-7-16(8-12-18)14(2)3/h14-16,20H,4-13,19H2,1-3H3. The summed E-state index contributed by atoms with van der Waals surface area (Å²) in [5.41, 5.74) is 5.71. The summed E-state index contributed by atoms with van der Waals surface area (Å²) in [6.07, 6.45) is 10.4. The van der Waals surface area contributed by atoms with Crippen LogP contribution in [0.15, 0.2) is 0 Å². The van der Waals surface area contributed by atoms with Gasteiger partial charge < -0.3 is 10.8 Å². The molecule has 2 rings (SSSR count). The predicted molar refractivity (Wildman–Crippen MR) is 85.5 cm³/mol. The first-order chi connectivity index (χ1) is 9.46. The Morgan fingerprint density at radius 1 is 1.05 bits per heavy atom. The number of rotatable bonds is 4. The molecule has 0 aromatic carbocycles. The third-order valence-corrected chi connectivity index (χ3v) is 6.82. The molecular formula is C18H35NO. The van der Waals surface area contributed by atoms with Crippen LogP contribution in [0.25, 0.3) is 0 Å². The number of hydrogen-bond donors (Lipinski definition) is 2. The van der Waals surface area contributed by atoms with Crippen molar-refractivity contribution in [3.8, 4) is 0 Å². The van der Waals surface area contributed by atoms with Crippen LogP contribution >= 0.6 is 0 Å². The molecule has 0 aromatic rings. The molecular weight excluding hydrogens is 246 g/mol. The van der Waals surface area contributed by atoms with E-state index in [9.17, 15) is 5.11 Å². The largest absolute Gasteiger partial charge is 0.389 e. The Morgan fingerprint density at radius 2 is 1.60 bits per heavy atom. The molecule has 0 aliphatic heterocycles. The van der Waals surface area contributed by atoms with Crippen LogP contribution in [-0.2, 0) is 0 Å². The molecule has 0 heterocycles. The normalized spacial score (nSPS) is 42.9. The lowest BCUT2D eigenvalue weighted by atomic mass is 9.56. The topological polar surface area (TPSA) is 46.2 Å². The Balaban J connectivity index is 2.04. The molecule has 3 N–H and O–H groups in total. The van der Waals surface area contributed by atoms with Crippen LogP contribution in [0, 0.1) is 23.2 Å². The quantitative estimate of drug-likeness (QED) is 0.814. The van der Waals surface area contributed by atoms with E-state index in [1.807, 2.05) is 0 Å². The van der Waals surface area contributed by atoms with E-state index < -0.39 is 5.60 Å². The summed E-state index contributed by atoms with van der Waals surface area (Å²) in [6, 6.07) is 0. The van der Waals surface area contributed by atoms with Gasteiger partial charge in [0.15, 0.2) is 0 Å². The molecule has 0 spiro atoms. The summed E-state index contributed by atoms with van der Waals surface area (Å²) in [5, 5.41) is 11.3. The van der Waals surface area contributed by atoms with E-state index in [-0.39, 0.29) is 5.41 Å². The zero-order chi connectivity index (χ0) is 14.8. The maximum atomic E-state index is 11.3. The minimum atomic E-state index is -0.480. The van der Waals surface area contributed by atoms with E-state index in [0.29, 0.717) is 6.54 Å². The highest BCUT2D eigenvalue weighted by atomic mass is 16.3. The van der Waals surface area contributed by atoms with Gasteiger partial charge in [0.1, 0.15) is 0 Å². The van der Waals surface area contributed by atoms with Gasteiger partial charge in [0.25, 0.3) is 0 Å². The Labute approximate surface area is 125 Å². The summed E-state index contributed by atoms with van der Waals surface area (Å²) in [6.45, 7) is 7.61. The molecule has 2 aliphatic rings. The molecule has 0 unspecified atom stereocenters. The first-order valence-corrected chi connectivity index (χ1v) is 8.89. The highest BCUT2D eigenvalue weighted by molar-refractivity contribution is 5.04. The summed E-state index contributed by atoms with van der Waals surface area (Å²) in [5.74, 6) is 2.42. The van der Waals surface area contributed by atoms with Gasteiger partial charge in [-0.3, -0.25) is 0 Å². The lowest BCUT2D eigenvalue weighted by Gasteiger charge is -2.53. The number of hydrogen-bond acceptors (Lipinski definition) is 2. The molecule has 2 nitrogen and oxygen atoms in total. The lowest BCUT2D eigenvalue weighted by molar-refractivity contribution is -0.135. The molecule has 2 saturated carbocycles. The van der Waals surface area contributed by atoms with Crippen LogP contribution < -0.4 is 5.73 Å². The van der Waals surface area contributed by atoms with Gasteiger partial charge in [-0.1, -0.05) is 27.2 Å². The summed E-state index contributed by atoms with van der Waals surface area (Å²) in [7, 11) is 0. The van der Waals surface area contributed by atoms with Crippen molar-refractivity contribution in [1.82, 2.24) is 0 Å². The Bertz CT molecular complexity index is 297. The van der Waals surface area contributed by atoms with E-state index in [4.69, 9.17) is 5.73 Å². The second-order valence-corrected chi connectivity index (χ2v) is 7.95. The molecule has 0 bridgehead atoms. The third kappa shape index (κ3) is 2.92.